The molecule has 0 bridgehead atoms. The van der Waals surface area contributed by atoms with Crippen LogP contribution in [0.25, 0.3) is 6.08 Å². The van der Waals surface area contributed by atoms with Crippen molar-refractivity contribution in [3.8, 4) is 5.75 Å². The number of benzene rings is 3. The van der Waals surface area contributed by atoms with Gasteiger partial charge in [0.2, 0.25) is 0 Å². The molecule has 208 valence electrons. The minimum absolute atomic E-state index is 0.0625. The van der Waals surface area contributed by atoms with Gasteiger partial charge in [0.15, 0.2) is 5.78 Å². The van der Waals surface area contributed by atoms with Crippen molar-refractivity contribution in [1.82, 2.24) is 29.8 Å². The van der Waals surface area contributed by atoms with Gasteiger partial charge in [-0.3, -0.25) is 4.79 Å². The first-order chi connectivity index (χ1) is 19.8. The number of hydrogen-bond acceptors (Lipinski definition) is 7. The molecule has 9 nitrogen and oxygen atoms in total. The fourth-order valence-electron chi connectivity index (χ4n) is 4.24. The molecule has 5 rings (SSSR count). The summed E-state index contributed by atoms with van der Waals surface area (Å²) in [5, 5.41) is 23.6. The number of carbonyl (C=O) groups is 1. The number of carbonyl (C=O) groups excluding carboxylic acids is 1. The minimum Gasteiger partial charge on any atom is -0.487 e. The lowest BCUT2D eigenvalue weighted by Crippen LogP contribution is -2.37. The predicted molar refractivity (Wildman–Crippen MR) is 146 cm³/mol. The highest BCUT2D eigenvalue weighted by Crippen LogP contribution is 2.28. The third-order valence-electron chi connectivity index (χ3n) is 6.36. The molecule has 0 amide bonds. The maximum absolute atomic E-state index is 14.7. The Morgan fingerprint density at radius 2 is 1.78 bits per heavy atom. The zero-order chi connectivity index (χ0) is 28.8. The number of allylic oxidation sites excluding steroid dienone is 1. The second kappa shape index (κ2) is 12.0. The molecule has 1 atom stereocenters. The highest BCUT2D eigenvalue weighted by atomic mass is 19.1. The van der Waals surface area contributed by atoms with Crippen LogP contribution >= 0.6 is 0 Å². The van der Waals surface area contributed by atoms with Gasteiger partial charge in [-0.15, -0.1) is 5.10 Å². The van der Waals surface area contributed by atoms with Crippen molar-refractivity contribution in [1.29, 1.82) is 0 Å². The number of halogens is 2. The molecule has 0 spiro atoms. The molecule has 1 unspecified atom stereocenters. The third kappa shape index (κ3) is 6.95. The van der Waals surface area contributed by atoms with Crippen LogP contribution in [0.3, 0.4) is 0 Å². The molecule has 0 aliphatic rings. The van der Waals surface area contributed by atoms with E-state index in [2.05, 4.69) is 20.4 Å². The smallest absolute Gasteiger partial charge is 0.185 e. The number of hydrogen-bond donors (Lipinski definition) is 1. The summed E-state index contributed by atoms with van der Waals surface area (Å²) in [4.78, 5) is 16.4. The predicted octanol–water partition coefficient (Wildman–Crippen LogP) is 4.52. The average molecular weight is 557 g/mol. The van der Waals surface area contributed by atoms with Crippen molar-refractivity contribution in [3.05, 3.63) is 131 Å². The lowest BCUT2D eigenvalue weighted by Gasteiger charge is -2.28. The van der Waals surface area contributed by atoms with E-state index >= 15 is 0 Å². The molecule has 41 heavy (non-hydrogen) atoms. The summed E-state index contributed by atoms with van der Waals surface area (Å²) in [5.41, 5.74) is 1.10. The number of ether oxygens (including phenoxy) is 1. The van der Waals surface area contributed by atoms with E-state index in [-0.39, 0.29) is 31.0 Å². The van der Waals surface area contributed by atoms with Gasteiger partial charge in [-0.1, -0.05) is 47.2 Å². The molecule has 0 saturated carbocycles. The fraction of sp³-hybridized carbons (Fsp3) is 0.167. The summed E-state index contributed by atoms with van der Waals surface area (Å²) in [6.07, 6.45) is 7.53. The topological polar surface area (TPSA) is 108 Å². The van der Waals surface area contributed by atoms with E-state index in [4.69, 9.17) is 4.74 Å². The Bertz CT molecular complexity index is 1650. The molecule has 0 radical (unpaired) electrons. The van der Waals surface area contributed by atoms with Crippen molar-refractivity contribution in [2.75, 3.05) is 0 Å². The van der Waals surface area contributed by atoms with Crippen molar-refractivity contribution in [2.24, 2.45) is 0 Å². The second-order valence-electron chi connectivity index (χ2n) is 9.58. The Kier molecular flexibility index (Phi) is 8.06. The first-order valence-electron chi connectivity index (χ1n) is 12.7. The van der Waals surface area contributed by atoms with Crippen LogP contribution in [-0.4, -0.2) is 40.6 Å². The van der Waals surface area contributed by atoms with Gasteiger partial charge in [0, 0.05) is 17.2 Å². The first kappa shape index (κ1) is 27.5. The molecule has 2 aromatic heterocycles. The van der Waals surface area contributed by atoms with Crippen LogP contribution in [0.5, 0.6) is 5.75 Å². The third-order valence-corrected chi connectivity index (χ3v) is 6.36. The number of aryl methyl sites for hydroxylation is 1. The Balaban J connectivity index is 1.22. The van der Waals surface area contributed by atoms with E-state index in [0.717, 1.165) is 17.2 Å². The molecule has 0 saturated heterocycles. The molecule has 0 aliphatic heterocycles. The van der Waals surface area contributed by atoms with Crippen LogP contribution in [0.4, 0.5) is 8.78 Å². The Labute approximate surface area is 234 Å². The number of rotatable bonds is 11. The molecular formula is C30H26F2N6O3. The van der Waals surface area contributed by atoms with Crippen LogP contribution in [0.15, 0.2) is 91.7 Å². The minimum atomic E-state index is -1.84. The Morgan fingerprint density at radius 3 is 2.49 bits per heavy atom. The highest BCUT2D eigenvalue weighted by molar-refractivity contribution is 6.06. The average Bonchev–Trinajstić information content (AvgIpc) is 3.63. The van der Waals surface area contributed by atoms with Gasteiger partial charge in [0.1, 0.15) is 47.9 Å². The normalized spacial score (nSPS) is 12.9. The number of nitrogens with zero attached hydrogens (tertiary/aromatic N) is 6. The lowest BCUT2D eigenvalue weighted by molar-refractivity contribution is -0.00892. The van der Waals surface area contributed by atoms with Gasteiger partial charge >= 0.3 is 0 Å². The van der Waals surface area contributed by atoms with E-state index in [9.17, 15) is 18.7 Å². The summed E-state index contributed by atoms with van der Waals surface area (Å²) in [6, 6.07) is 17.6. The van der Waals surface area contributed by atoms with Crippen LogP contribution in [0.2, 0.25) is 0 Å². The monoisotopic (exact) mass is 556 g/mol. The van der Waals surface area contributed by atoms with Gasteiger partial charge in [-0.2, -0.15) is 5.10 Å². The van der Waals surface area contributed by atoms with Gasteiger partial charge < -0.3 is 9.84 Å². The molecule has 2 heterocycles. The van der Waals surface area contributed by atoms with Crippen LogP contribution in [-0.2, 0) is 25.3 Å². The Morgan fingerprint density at radius 1 is 1.02 bits per heavy atom. The van der Waals surface area contributed by atoms with E-state index < -0.39 is 17.2 Å². The van der Waals surface area contributed by atoms with Crippen LogP contribution < -0.4 is 4.74 Å². The molecule has 0 aliphatic carbocycles. The van der Waals surface area contributed by atoms with E-state index in [0.29, 0.717) is 23.1 Å². The standard InChI is InChI=1S/C30H26F2N6O3/c1-21-2-4-22(5-3-21)6-13-29(39)23-7-10-26(11-8-23)41-16-25-15-37(36-35-25)17-30(40,18-38-20-33-19-34-38)27-12-9-24(31)14-28(27)32/h2-15,19-20,40H,16-18H2,1H3/b13-6+. The fourth-order valence-corrected chi connectivity index (χ4v) is 4.24. The SMILES string of the molecule is Cc1ccc(/C=C/C(=O)c2ccc(OCc3cn(CC(O)(Cn4cncn4)c4ccc(F)cc4F)nn3)cc2)cc1. The van der Waals surface area contributed by atoms with E-state index in [1.807, 2.05) is 31.2 Å². The number of aliphatic hydroxyl groups is 1. The van der Waals surface area contributed by atoms with Crippen molar-refractivity contribution in [3.63, 3.8) is 0 Å². The number of ketones is 1. The molecular weight excluding hydrogens is 530 g/mol. The van der Waals surface area contributed by atoms with E-state index in [1.165, 1.54) is 34.2 Å². The van der Waals surface area contributed by atoms with E-state index in [1.54, 1.807) is 36.5 Å². The second-order valence-corrected chi connectivity index (χ2v) is 9.58. The maximum Gasteiger partial charge on any atom is 0.185 e. The van der Waals surface area contributed by atoms with Gasteiger partial charge in [0.05, 0.1) is 19.3 Å². The molecule has 0 fully saturated rings. The zero-order valence-electron chi connectivity index (χ0n) is 22.1. The quantitative estimate of drug-likeness (QED) is 0.188. The Hall–Kier alpha value is -5.03. The first-order valence-corrected chi connectivity index (χ1v) is 12.7. The van der Waals surface area contributed by atoms with Gasteiger partial charge in [-0.25, -0.2) is 23.1 Å². The molecule has 5 aromatic rings. The lowest BCUT2D eigenvalue weighted by atomic mass is 9.93. The van der Waals surface area contributed by atoms with Crippen LogP contribution in [0.1, 0.15) is 32.7 Å². The maximum atomic E-state index is 14.7. The molecule has 3 aromatic carbocycles. The highest BCUT2D eigenvalue weighted by Gasteiger charge is 2.34. The van der Waals surface area contributed by atoms with Crippen molar-refractivity contribution in [2.45, 2.75) is 32.2 Å². The summed E-state index contributed by atoms with van der Waals surface area (Å²) in [5.74, 6) is -1.26. The van der Waals surface area contributed by atoms with Crippen molar-refractivity contribution >= 4 is 11.9 Å². The summed E-state index contributed by atoms with van der Waals surface area (Å²) < 4.78 is 36.7. The molecule has 11 heteroatoms. The van der Waals surface area contributed by atoms with Gasteiger partial charge in [-0.05, 0) is 48.9 Å². The van der Waals surface area contributed by atoms with Gasteiger partial charge in [0.25, 0.3) is 0 Å². The number of aromatic nitrogens is 6. The molecule has 1 N–H and O–H groups in total. The summed E-state index contributed by atoms with van der Waals surface area (Å²) in [7, 11) is 0. The largest absolute Gasteiger partial charge is 0.487 e. The summed E-state index contributed by atoms with van der Waals surface area (Å²) >= 11 is 0. The zero-order valence-corrected chi connectivity index (χ0v) is 22.1. The van der Waals surface area contributed by atoms with Crippen LogP contribution in [0, 0.1) is 18.6 Å². The summed E-state index contributed by atoms with van der Waals surface area (Å²) in [6.45, 7) is 1.71. The van der Waals surface area contributed by atoms with Crippen molar-refractivity contribution < 1.29 is 23.4 Å².